The first kappa shape index (κ1) is 13.6. The van der Waals surface area contributed by atoms with Gasteiger partial charge in [-0.1, -0.05) is 0 Å². The molecule has 1 aromatic rings. The number of carboxylic acids is 1. The Morgan fingerprint density at radius 3 is 2.74 bits per heavy atom. The maximum atomic E-state index is 12.0. The number of piperidine rings is 1. The van der Waals surface area contributed by atoms with E-state index in [0.29, 0.717) is 18.8 Å². The Kier molecular flexibility index (Phi) is 4.57. The molecule has 1 amide bonds. The zero-order valence-corrected chi connectivity index (χ0v) is 10.6. The van der Waals surface area contributed by atoms with Gasteiger partial charge in [0.05, 0.1) is 25.4 Å². The highest BCUT2D eigenvalue weighted by Crippen LogP contribution is 2.16. The molecule has 0 atom stereocenters. The number of furan rings is 1. The molecule has 0 aromatic carbocycles. The van der Waals surface area contributed by atoms with Gasteiger partial charge in [-0.25, -0.2) is 0 Å². The number of likely N-dealkylation sites (tertiary alicyclic amines) is 1. The van der Waals surface area contributed by atoms with E-state index in [-0.39, 0.29) is 25.0 Å². The molecule has 1 aromatic heterocycles. The fourth-order valence-electron chi connectivity index (χ4n) is 2.09. The van der Waals surface area contributed by atoms with Gasteiger partial charge in [-0.05, 0) is 25.0 Å². The molecule has 6 heteroatoms. The second-order valence-corrected chi connectivity index (χ2v) is 4.48. The number of carbonyl (C=O) groups excluding carboxylic acids is 1. The van der Waals surface area contributed by atoms with E-state index in [1.54, 1.807) is 17.0 Å². The third-order valence-electron chi connectivity index (χ3n) is 3.13. The van der Waals surface area contributed by atoms with Crippen molar-refractivity contribution in [1.82, 2.24) is 4.90 Å². The zero-order chi connectivity index (χ0) is 13.7. The minimum absolute atomic E-state index is 0.0194. The topological polar surface area (TPSA) is 80.0 Å². The molecule has 1 aliphatic rings. The maximum Gasteiger partial charge on any atom is 0.305 e. The SMILES string of the molecule is O=C(O)CCOC1CCN(C(=O)c2ccco2)CC1. The summed E-state index contributed by atoms with van der Waals surface area (Å²) in [6.07, 6.45) is 3.00. The predicted octanol–water partition coefficient (Wildman–Crippen LogP) is 1.38. The van der Waals surface area contributed by atoms with Crippen LogP contribution in [0.1, 0.15) is 29.8 Å². The van der Waals surface area contributed by atoms with Gasteiger partial charge in [0.25, 0.3) is 5.91 Å². The first-order valence-electron chi connectivity index (χ1n) is 6.33. The van der Waals surface area contributed by atoms with Crippen LogP contribution in [-0.2, 0) is 9.53 Å². The van der Waals surface area contributed by atoms with Crippen LogP contribution < -0.4 is 0 Å². The Bertz CT molecular complexity index is 420. The van der Waals surface area contributed by atoms with Crippen LogP contribution in [0.4, 0.5) is 0 Å². The summed E-state index contributed by atoms with van der Waals surface area (Å²) < 4.78 is 10.5. The molecule has 2 rings (SSSR count). The van der Waals surface area contributed by atoms with E-state index in [4.69, 9.17) is 14.3 Å². The predicted molar refractivity (Wildman–Crippen MR) is 65.8 cm³/mol. The molecule has 19 heavy (non-hydrogen) atoms. The molecular weight excluding hydrogens is 250 g/mol. The van der Waals surface area contributed by atoms with Crippen molar-refractivity contribution >= 4 is 11.9 Å². The van der Waals surface area contributed by atoms with Gasteiger partial charge in [-0.15, -0.1) is 0 Å². The standard InChI is InChI=1S/C13H17NO5/c15-12(16)5-9-18-10-3-6-14(7-4-10)13(17)11-2-1-8-19-11/h1-2,8,10H,3-7,9H2,(H,15,16). The van der Waals surface area contributed by atoms with Crippen molar-refractivity contribution in [2.45, 2.75) is 25.4 Å². The highest BCUT2D eigenvalue weighted by Gasteiger charge is 2.25. The van der Waals surface area contributed by atoms with Gasteiger partial charge in [-0.2, -0.15) is 0 Å². The van der Waals surface area contributed by atoms with Crippen molar-refractivity contribution in [2.75, 3.05) is 19.7 Å². The molecule has 0 spiro atoms. The zero-order valence-electron chi connectivity index (χ0n) is 10.6. The van der Waals surface area contributed by atoms with Crippen LogP contribution in [-0.4, -0.2) is 47.7 Å². The number of hydrogen-bond donors (Lipinski definition) is 1. The van der Waals surface area contributed by atoms with Gasteiger partial charge in [0.1, 0.15) is 0 Å². The molecule has 1 aliphatic heterocycles. The number of aliphatic carboxylic acids is 1. The molecule has 1 N–H and O–H groups in total. The van der Waals surface area contributed by atoms with Crippen LogP contribution in [0.2, 0.25) is 0 Å². The lowest BCUT2D eigenvalue weighted by Gasteiger charge is -2.31. The Morgan fingerprint density at radius 1 is 1.42 bits per heavy atom. The van der Waals surface area contributed by atoms with Crippen molar-refractivity contribution in [3.05, 3.63) is 24.2 Å². The largest absolute Gasteiger partial charge is 0.481 e. The van der Waals surface area contributed by atoms with Gasteiger partial charge in [0, 0.05) is 13.1 Å². The average Bonchev–Trinajstić information content (AvgIpc) is 2.92. The minimum Gasteiger partial charge on any atom is -0.481 e. The second-order valence-electron chi connectivity index (χ2n) is 4.48. The number of amides is 1. The van der Waals surface area contributed by atoms with E-state index in [9.17, 15) is 9.59 Å². The van der Waals surface area contributed by atoms with Crippen LogP contribution in [0.15, 0.2) is 22.8 Å². The first-order valence-corrected chi connectivity index (χ1v) is 6.33. The fourth-order valence-corrected chi connectivity index (χ4v) is 2.09. The molecule has 104 valence electrons. The number of hydrogen-bond acceptors (Lipinski definition) is 4. The molecule has 1 saturated heterocycles. The highest BCUT2D eigenvalue weighted by molar-refractivity contribution is 5.91. The molecule has 0 bridgehead atoms. The monoisotopic (exact) mass is 267 g/mol. The number of nitrogens with zero attached hydrogens (tertiary/aromatic N) is 1. The summed E-state index contributed by atoms with van der Waals surface area (Å²) in [5, 5.41) is 8.52. The number of rotatable bonds is 5. The third-order valence-corrected chi connectivity index (χ3v) is 3.13. The van der Waals surface area contributed by atoms with Crippen LogP contribution in [0.3, 0.4) is 0 Å². The van der Waals surface area contributed by atoms with E-state index >= 15 is 0 Å². The van der Waals surface area contributed by atoms with Crippen molar-refractivity contribution in [3.63, 3.8) is 0 Å². The van der Waals surface area contributed by atoms with E-state index in [2.05, 4.69) is 0 Å². The van der Waals surface area contributed by atoms with E-state index in [0.717, 1.165) is 12.8 Å². The average molecular weight is 267 g/mol. The van der Waals surface area contributed by atoms with Gasteiger partial charge in [0.2, 0.25) is 0 Å². The van der Waals surface area contributed by atoms with Gasteiger partial charge < -0.3 is 19.2 Å². The lowest BCUT2D eigenvalue weighted by Crippen LogP contribution is -2.40. The Balaban J connectivity index is 1.73. The fraction of sp³-hybridized carbons (Fsp3) is 0.538. The Labute approximate surface area is 110 Å². The lowest BCUT2D eigenvalue weighted by molar-refractivity contribution is -0.138. The van der Waals surface area contributed by atoms with Crippen molar-refractivity contribution in [3.8, 4) is 0 Å². The first-order chi connectivity index (χ1) is 9.16. The summed E-state index contributed by atoms with van der Waals surface area (Å²) in [4.78, 5) is 24.1. The maximum absolute atomic E-state index is 12.0. The highest BCUT2D eigenvalue weighted by atomic mass is 16.5. The van der Waals surface area contributed by atoms with E-state index in [1.165, 1.54) is 6.26 Å². The van der Waals surface area contributed by atoms with Gasteiger partial charge in [0.15, 0.2) is 5.76 Å². The van der Waals surface area contributed by atoms with Crippen molar-refractivity contribution in [1.29, 1.82) is 0 Å². The van der Waals surface area contributed by atoms with Crippen LogP contribution in [0, 0.1) is 0 Å². The Morgan fingerprint density at radius 2 is 2.16 bits per heavy atom. The number of carbonyl (C=O) groups is 2. The van der Waals surface area contributed by atoms with Crippen molar-refractivity contribution < 1.29 is 23.8 Å². The van der Waals surface area contributed by atoms with Gasteiger partial charge in [-0.3, -0.25) is 9.59 Å². The summed E-state index contributed by atoms with van der Waals surface area (Å²) in [5.41, 5.74) is 0. The summed E-state index contributed by atoms with van der Waals surface area (Å²) in [6.45, 7) is 1.45. The molecule has 0 saturated carbocycles. The molecule has 6 nitrogen and oxygen atoms in total. The molecular formula is C13H17NO5. The lowest BCUT2D eigenvalue weighted by atomic mass is 10.1. The van der Waals surface area contributed by atoms with Gasteiger partial charge >= 0.3 is 5.97 Å². The normalized spacial score (nSPS) is 16.5. The number of carboxylic acid groups (broad SMARTS) is 1. The third kappa shape index (κ3) is 3.82. The summed E-state index contributed by atoms with van der Waals surface area (Å²) >= 11 is 0. The summed E-state index contributed by atoms with van der Waals surface area (Å²) in [5.74, 6) is -0.607. The van der Waals surface area contributed by atoms with E-state index in [1.807, 2.05) is 0 Å². The molecule has 0 unspecified atom stereocenters. The minimum atomic E-state index is -0.856. The molecule has 0 aliphatic carbocycles. The van der Waals surface area contributed by atoms with Crippen LogP contribution in [0.5, 0.6) is 0 Å². The second kappa shape index (κ2) is 6.38. The summed E-state index contributed by atoms with van der Waals surface area (Å²) in [7, 11) is 0. The number of ether oxygens (including phenoxy) is 1. The van der Waals surface area contributed by atoms with E-state index < -0.39 is 5.97 Å². The molecule has 1 fully saturated rings. The van der Waals surface area contributed by atoms with Crippen molar-refractivity contribution in [2.24, 2.45) is 0 Å². The molecule has 0 radical (unpaired) electrons. The summed E-state index contributed by atoms with van der Waals surface area (Å²) in [6, 6.07) is 3.34. The molecule has 2 heterocycles. The Hall–Kier alpha value is -1.82. The van der Waals surface area contributed by atoms with Crippen LogP contribution >= 0.6 is 0 Å². The quantitative estimate of drug-likeness (QED) is 0.871. The van der Waals surface area contributed by atoms with Crippen LogP contribution in [0.25, 0.3) is 0 Å². The smallest absolute Gasteiger partial charge is 0.305 e.